The molecular formula is C13H25NO2. The first-order valence-electron chi connectivity index (χ1n) is 6.45. The van der Waals surface area contributed by atoms with Gasteiger partial charge in [-0.1, -0.05) is 13.3 Å². The zero-order chi connectivity index (χ0) is 12.1. The van der Waals surface area contributed by atoms with Gasteiger partial charge in [-0.2, -0.15) is 0 Å². The van der Waals surface area contributed by atoms with Gasteiger partial charge in [0.25, 0.3) is 0 Å². The third kappa shape index (κ3) is 3.48. The zero-order valence-electron chi connectivity index (χ0n) is 10.8. The van der Waals surface area contributed by atoms with Crippen molar-refractivity contribution in [2.45, 2.75) is 51.5 Å². The molecule has 0 aromatic heterocycles. The van der Waals surface area contributed by atoms with Crippen molar-refractivity contribution < 1.29 is 9.90 Å². The molecule has 0 amide bonds. The van der Waals surface area contributed by atoms with Gasteiger partial charge in [0, 0.05) is 6.04 Å². The van der Waals surface area contributed by atoms with E-state index in [2.05, 4.69) is 25.9 Å². The van der Waals surface area contributed by atoms with Gasteiger partial charge in [0.05, 0.1) is 5.92 Å². The van der Waals surface area contributed by atoms with E-state index in [1.807, 2.05) is 0 Å². The molecule has 1 aliphatic rings. The minimum Gasteiger partial charge on any atom is -0.481 e. The molecule has 1 saturated carbocycles. The highest BCUT2D eigenvalue weighted by atomic mass is 16.4. The molecule has 0 bridgehead atoms. The summed E-state index contributed by atoms with van der Waals surface area (Å²) < 4.78 is 0. The van der Waals surface area contributed by atoms with Crippen molar-refractivity contribution in [1.29, 1.82) is 0 Å². The fraction of sp³-hybridized carbons (Fsp3) is 0.923. The Bertz CT molecular complexity index is 220. The van der Waals surface area contributed by atoms with Crippen LogP contribution in [0, 0.1) is 11.8 Å². The molecule has 0 aromatic rings. The summed E-state index contributed by atoms with van der Waals surface area (Å²) in [4.78, 5) is 13.2. The molecule has 94 valence electrons. The maximum absolute atomic E-state index is 10.9. The van der Waals surface area contributed by atoms with Crippen molar-refractivity contribution in [3.05, 3.63) is 0 Å². The van der Waals surface area contributed by atoms with Gasteiger partial charge in [0.15, 0.2) is 0 Å². The van der Waals surface area contributed by atoms with Gasteiger partial charge in [-0.05, 0) is 52.1 Å². The fourth-order valence-electron chi connectivity index (χ4n) is 2.96. The number of hydrogen-bond acceptors (Lipinski definition) is 2. The molecule has 0 saturated heterocycles. The van der Waals surface area contributed by atoms with E-state index in [9.17, 15) is 4.79 Å². The number of aliphatic carboxylic acids is 1. The van der Waals surface area contributed by atoms with E-state index in [1.165, 1.54) is 12.8 Å². The molecule has 3 nitrogen and oxygen atoms in total. The lowest BCUT2D eigenvalue weighted by Gasteiger charge is -2.36. The van der Waals surface area contributed by atoms with E-state index in [0.717, 1.165) is 25.7 Å². The van der Waals surface area contributed by atoms with Crippen LogP contribution in [-0.4, -0.2) is 36.1 Å². The average Bonchev–Trinajstić information content (AvgIpc) is 2.25. The number of carbonyl (C=O) groups is 1. The van der Waals surface area contributed by atoms with Gasteiger partial charge >= 0.3 is 5.97 Å². The summed E-state index contributed by atoms with van der Waals surface area (Å²) in [5, 5.41) is 8.97. The second-order valence-corrected chi connectivity index (χ2v) is 5.27. The van der Waals surface area contributed by atoms with E-state index < -0.39 is 5.97 Å². The lowest BCUT2D eigenvalue weighted by atomic mass is 9.77. The Morgan fingerprint density at radius 2 is 1.88 bits per heavy atom. The summed E-state index contributed by atoms with van der Waals surface area (Å²) in [7, 11) is 4.28. The molecule has 1 N–H and O–H groups in total. The van der Waals surface area contributed by atoms with Crippen molar-refractivity contribution in [3.8, 4) is 0 Å². The first-order valence-corrected chi connectivity index (χ1v) is 6.45. The molecule has 0 radical (unpaired) electrons. The molecule has 1 fully saturated rings. The molecule has 1 aliphatic carbocycles. The van der Waals surface area contributed by atoms with Crippen molar-refractivity contribution in [3.63, 3.8) is 0 Å². The second-order valence-electron chi connectivity index (χ2n) is 5.27. The highest BCUT2D eigenvalue weighted by Gasteiger charge is 2.30. The summed E-state index contributed by atoms with van der Waals surface area (Å²) in [5.74, 6) is 0.0154. The molecule has 1 atom stereocenters. The third-order valence-corrected chi connectivity index (χ3v) is 3.91. The van der Waals surface area contributed by atoms with Gasteiger partial charge in [0.1, 0.15) is 0 Å². The number of nitrogens with zero attached hydrogens (tertiary/aromatic N) is 1. The predicted octanol–water partition coefficient (Wildman–Crippen LogP) is 2.61. The van der Waals surface area contributed by atoms with Crippen LogP contribution in [-0.2, 0) is 4.79 Å². The minimum absolute atomic E-state index is 0.0827. The lowest BCUT2D eigenvalue weighted by Crippen LogP contribution is -2.38. The largest absolute Gasteiger partial charge is 0.481 e. The molecule has 1 unspecified atom stereocenters. The summed E-state index contributed by atoms with van der Waals surface area (Å²) in [6, 6.07) is 0.639. The Morgan fingerprint density at radius 3 is 2.25 bits per heavy atom. The number of rotatable bonds is 5. The Balaban J connectivity index is 2.47. The van der Waals surface area contributed by atoms with Crippen LogP contribution >= 0.6 is 0 Å². The average molecular weight is 227 g/mol. The van der Waals surface area contributed by atoms with Crippen molar-refractivity contribution in [1.82, 2.24) is 4.90 Å². The quantitative estimate of drug-likeness (QED) is 0.785. The molecule has 0 spiro atoms. The maximum atomic E-state index is 10.9. The number of carboxylic acid groups (broad SMARTS) is 1. The van der Waals surface area contributed by atoms with Gasteiger partial charge in [-0.25, -0.2) is 0 Å². The highest BCUT2D eigenvalue weighted by Crippen LogP contribution is 2.33. The van der Waals surface area contributed by atoms with Crippen LogP contribution in [0.15, 0.2) is 0 Å². The lowest BCUT2D eigenvalue weighted by molar-refractivity contribution is -0.143. The molecular weight excluding hydrogens is 202 g/mol. The summed E-state index contributed by atoms with van der Waals surface area (Å²) in [5.41, 5.74) is 0. The first-order chi connectivity index (χ1) is 7.56. The summed E-state index contributed by atoms with van der Waals surface area (Å²) in [6.07, 6.45) is 6.35. The van der Waals surface area contributed by atoms with E-state index in [0.29, 0.717) is 12.0 Å². The van der Waals surface area contributed by atoms with Crippen LogP contribution in [0.1, 0.15) is 45.4 Å². The van der Waals surface area contributed by atoms with E-state index >= 15 is 0 Å². The van der Waals surface area contributed by atoms with Crippen LogP contribution in [0.2, 0.25) is 0 Å². The Hall–Kier alpha value is -0.570. The van der Waals surface area contributed by atoms with Crippen LogP contribution in [0.25, 0.3) is 0 Å². The van der Waals surface area contributed by atoms with E-state index in [1.54, 1.807) is 0 Å². The van der Waals surface area contributed by atoms with Crippen LogP contribution in [0.4, 0.5) is 0 Å². The SMILES string of the molecule is CCCC(C1CCC(C(=O)O)CC1)N(C)C. The number of hydrogen-bond donors (Lipinski definition) is 1. The monoisotopic (exact) mass is 227 g/mol. The topological polar surface area (TPSA) is 40.5 Å². The predicted molar refractivity (Wildman–Crippen MR) is 65.5 cm³/mol. The van der Waals surface area contributed by atoms with Crippen molar-refractivity contribution >= 4 is 5.97 Å². The fourth-order valence-corrected chi connectivity index (χ4v) is 2.96. The number of carboxylic acids is 1. The van der Waals surface area contributed by atoms with Gasteiger partial charge in [0.2, 0.25) is 0 Å². The highest BCUT2D eigenvalue weighted by molar-refractivity contribution is 5.69. The third-order valence-electron chi connectivity index (χ3n) is 3.91. The molecule has 0 heterocycles. The standard InChI is InChI=1S/C13H25NO2/c1-4-5-12(14(2)3)10-6-8-11(9-7-10)13(15)16/h10-12H,4-9H2,1-3H3,(H,15,16). The van der Waals surface area contributed by atoms with E-state index in [-0.39, 0.29) is 5.92 Å². The Labute approximate surface area is 98.8 Å². The molecule has 0 aliphatic heterocycles. The van der Waals surface area contributed by atoms with Crippen LogP contribution in [0.3, 0.4) is 0 Å². The first kappa shape index (κ1) is 13.5. The van der Waals surface area contributed by atoms with Crippen LogP contribution < -0.4 is 0 Å². The second kappa shape index (κ2) is 6.24. The molecule has 16 heavy (non-hydrogen) atoms. The summed E-state index contributed by atoms with van der Waals surface area (Å²) >= 11 is 0. The van der Waals surface area contributed by atoms with Crippen molar-refractivity contribution in [2.75, 3.05) is 14.1 Å². The minimum atomic E-state index is -0.602. The summed E-state index contributed by atoms with van der Waals surface area (Å²) in [6.45, 7) is 2.22. The molecule has 1 rings (SSSR count). The van der Waals surface area contributed by atoms with Gasteiger partial charge < -0.3 is 10.0 Å². The van der Waals surface area contributed by atoms with Crippen molar-refractivity contribution in [2.24, 2.45) is 11.8 Å². The van der Waals surface area contributed by atoms with E-state index in [4.69, 9.17) is 5.11 Å². The maximum Gasteiger partial charge on any atom is 0.306 e. The Morgan fingerprint density at radius 1 is 1.31 bits per heavy atom. The normalized spacial score (nSPS) is 28.0. The smallest absolute Gasteiger partial charge is 0.306 e. The Kier molecular flexibility index (Phi) is 5.26. The zero-order valence-corrected chi connectivity index (χ0v) is 10.8. The van der Waals surface area contributed by atoms with Crippen LogP contribution in [0.5, 0.6) is 0 Å². The van der Waals surface area contributed by atoms with Gasteiger partial charge in [-0.3, -0.25) is 4.79 Å². The molecule has 3 heteroatoms. The molecule has 0 aromatic carbocycles. The van der Waals surface area contributed by atoms with Gasteiger partial charge in [-0.15, -0.1) is 0 Å².